The molecule has 1 heterocycles. The fourth-order valence-electron chi connectivity index (χ4n) is 5.23. The zero-order valence-electron chi connectivity index (χ0n) is 21.0. The first-order valence-electron chi connectivity index (χ1n) is 12.5. The Labute approximate surface area is 202 Å². The van der Waals surface area contributed by atoms with Crippen molar-refractivity contribution in [1.82, 2.24) is 20.4 Å². The molecule has 2 amide bonds. The quantitative estimate of drug-likeness (QED) is 0.452. The van der Waals surface area contributed by atoms with E-state index < -0.39 is 6.10 Å². The van der Waals surface area contributed by atoms with Gasteiger partial charge in [-0.05, 0) is 49.0 Å². The van der Waals surface area contributed by atoms with Crippen LogP contribution in [0.25, 0.3) is 6.20 Å². The zero-order chi connectivity index (χ0) is 24.7. The minimum atomic E-state index is -0.812. The number of fused-ring (bicyclic) bond motifs is 2. The predicted molar refractivity (Wildman–Crippen MR) is 131 cm³/mol. The van der Waals surface area contributed by atoms with Crippen LogP contribution in [0.2, 0.25) is 0 Å². The number of nitrogens with one attached hydrogen (secondary N) is 2. The molecule has 2 aliphatic carbocycles. The van der Waals surface area contributed by atoms with Crippen molar-refractivity contribution in [1.29, 1.82) is 0 Å². The number of hydrogen-bond acceptors (Lipinski definition) is 6. The third kappa shape index (κ3) is 6.60. The molecule has 1 aromatic heterocycles. The molecule has 2 fully saturated rings. The number of hydrogen-bond donors (Lipinski definition) is 3. The predicted octanol–water partition coefficient (Wildman–Crippen LogP) is 2.42. The van der Waals surface area contributed by atoms with Crippen LogP contribution in [0.15, 0.2) is 12.3 Å². The number of carbonyl (C=O) groups excluding carboxylic acids is 2. The summed E-state index contributed by atoms with van der Waals surface area (Å²) in [6.07, 6.45) is 10.0. The summed E-state index contributed by atoms with van der Waals surface area (Å²) in [5.74, 6) is 1.97. The van der Waals surface area contributed by atoms with Gasteiger partial charge in [0.05, 0.1) is 12.8 Å². The van der Waals surface area contributed by atoms with Gasteiger partial charge < -0.3 is 25.8 Å². The minimum absolute atomic E-state index is 0.164. The van der Waals surface area contributed by atoms with Gasteiger partial charge in [0.1, 0.15) is 5.56 Å². The molecule has 0 aromatic carbocycles. The van der Waals surface area contributed by atoms with Crippen LogP contribution < -0.4 is 21.1 Å². The first-order chi connectivity index (χ1) is 16.3. The van der Waals surface area contributed by atoms with Gasteiger partial charge in [0.25, 0.3) is 11.8 Å². The van der Waals surface area contributed by atoms with Crippen molar-refractivity contribution in [2.24, 2.45) is 29.4 Å². The van der Waals surface area contributed by atoms with Crippen molar-refractivity contribution >= 4 is 18.0 Å². The van der Waals surface area contributed by atoms with Crippen LogP contribution >= 0.6 is 0 Å². The second-order valence-corrected chi connectivity index (χ2v) is 10.1. The van der Waals surface area contributed by atoms with E-state index in [4.69, 9.17) is 15.2 Å². The second-order valence-electron chi connectivity index (χ2n) is 10.1. The van der Waals surface area contributed by atoms with Crippen LogP contribution in [0, 0.1) is 23.7 Å². The summed E-state index contributed by atoms with van der Waals surface area (Å²) in [4.78, 5) is 25.6. The normalized spacial score (nSPS) is 25.4. The maximum atomic E-state index is 13.3. The fourth-order valence-corrected chi connectivity index (χ4v) is 5.23. The highest BCUT2D eigenvalue weighted by atomic mass is 16.5. The molecule has 0 saturated heterocycles. The molecule has 0 spiro atoms. The lowest BCUT2D eigenvalue weighted by atomic mass is 9.65. The SMILES string of the molecule is COC(/C=C/n1ncc(C(=O)NC2C(C)CC3CCCC2C3)c1OCC(C)C)C(=O)NCCN. The summed E-state index contributed by atoms with van der Waals surface area (Å²) in [7, 11) is 1.45. The second kappa shape index (κ2) is 12.4. The molecule has 1 aromatic rings. The monoisotopic (exact) mass is 475 g/mol. The zero-order valence-corrected chi connectivity index (χ0v) is 21.0. The van der Waals surface area contributed by atoms with Gasteiger partial charge in [0, 0.05) is 32.4 Å². The van der Waals surface area contributed by atoms with Crippen LogP contribution in [0.5, 0.6) is 5.88 Å². The van der Waals surface area contributed by atoms with Crippen LogP contribution in [-0.2, 0) is 9.53 Å². The maximum absolute atomic E-state index is 13.3. The third-order valence-corrected chi connectivity index (χ3v) is 6.85. The van der Waals surface area contributed by atoms with Gasteiger partial charge in [-0.3, -0.25) is 9.59 Å². The van der Waals surface area contributed by atoms with E-state index in [2.05, 4.69) is 22.7 Å². The highest BCUT2D eigenvalue weighted by Crippen LogP contribution is 2.42. The number of aromatic nitrogens is 2. The molecule has 4 N–H and O–H groups in total. The first-order valence-corrected chi connectivity index (χ1v) is 12.5. The summed E-state index contributed by atoms with van der Waals surface area (Å²) in [5.41, 5.74) is 5.85. The molecular weight excluding hydrogens is 434 g/mol. The lowest BCUT2D eigenvalue weighted by molar-refractivity contribution is -0.128. The van der Waals surface area contributed by atoms with Gasteiger partial charge in [0.2, 0.25) is 5.88 Å². The molecule has 3 rings (SSSR count). The summed E-state index contributed by atoms with van der Waals surface area (Å²) in [6, 6.07) is 0.171. The van der Waals surface area contributed by atoms with Crippen molar-refractivity contribution in [3.05, 3.63) is 17.8 Å². The summed E-state index contributed by atoms with van der Waals surface area (Å²) in [6.45, 7) is 7.48. The van der Waals surface area contributed by atoms with E-state index in [0.717, 1.165) is 5.92 Å². The van der Waals surface area contributed by atoms with Gasteiger partial charge in [-0.15, -0.1) is 0 Å². The van der Waals surface area contributed by atoms with Crippen molar-refractivity contribution in [2.45, 2.75) is 65.0 Å². The van der Waals surface area contributed by atoms with Crippen molar-refractivity contribution in [2.75, 3.05) is 26.8 Å². The molecule has 9 nitrogen and oxygen atoms in total. The number of nitrogens with zero attached hydrogens (tertiary/aromatic N) is 2. The Kier molecular flexibility index (Phi) is 9.53. The van der Waals surface area contributed by atoms with Gasteiger partial charge in [-0.25, -0.2) is 4.68 Å². The van der Waals surface area contributed by atoms with Gasteiger partial charge in [0.15, 0.2) is 6.10 Å². The number of methoxy groups -OCH3 is 1. The minimum Gasteiger partial charge on any atom is -0.477 e. The number of ether oxygens (including phenoxy) is 2. The Balaban J connectivity index is 1.77. The number of amides is 2. The molecule has 2 saturated carbocycles. The molecular formula is C25H41N5O4. The topological polar surface area (TPSA) is 121 Å². The van der Waals surface area contributed by atoms with Crippen LogP contribution in [-0.4, -0.2) is 60.5 Å². The van der Waals surface area contributed by atoms with Gasteiger partial charge >= 0.3 is 0 Å². The van der Waals surface area contributed by atoms with Crippen molar-refractivity contribution in [3.8, 4) is 5.88 Å². The lowest BCUT2D eigenvalue weighted by Crippen LogP contribution is -2.49. The fraction of sp³-hybridized carbons (Fsp3) is 0.720. The average Bonchev–Trinajstić information content (AvgIpc) is 3.22. The molecule has 34 heavy (non-hydrogen) atoms. The van der Waals surface area contributed by atoms with Gasteiger partial charge in [-0.1, -0.05) is 33.6 Å². The Morgan fingerprint density at radius 2 is 2.12 bits per heavy atom. The largest absolute Gasteiger partial charge is 0.477 e. The molecule has 5 atom stereocenters. The van der Waals surface area contributed by atoms with Crippen LogP contribution in [0.3, 0.4) is 0 Å². The van der Waals surface area contributed by atoms with E-state index in [0.29, 0.717) is 43.0 Å². The Morgan fingerprint density at radius 3 is 2.82 bits per heavy atom. The van der Waals surface area contributed by atoms with E-state index in [1.165, 1.54) is 50.1 Å². The molecule has 2 bridgehead atoms. The van der Waals surface area contributed by atoms with Crippen molar-refractivity contribution in [3.63, 3.8) is 0 Å². The van der Waals surface area contributed by atoms with Gasteiger partial charge in [-0.2, -0.15) is 5.10 Å². The number of rotatable bonds is 11. The molecule has 0 aliphatic heterocycles. The Hall–Kier alpha value is -2.39. The molecule has 9 heteroatoms. The Morgan fingerprint density at radius 1 is 1.32 bits per heavy atom. The highest BCUT2D eigenvalue weighted by molar-refractivity contribution is 5.96. The number of carbonyl (C=O) groups is 2. The molecule has 190 valence electrons. The van der Waals surface area contributed by atoms with E-state index >= 15 is 0 Å². The molecule has 5 unspecified atom stereocenters. The van der Waals surface area contributed by atoms with E-state index in [9.17, 15) is 9.59 Å². The third-order valence-electron chi connectivity index (χ3n) is 6.85. The van der Waals surface area contributed by atoms with Crippen molar-refractivity contribution < 1.29 is 19.1 Å². The smallest absolute Gasteiger partial charge is 0.258 e. The lowest BCUT2D eigenvalue weighted by Gasteiger charge is -2.44. The molecule has 0 radical (unpaired) electrons. The van der Waals surface area contributed by atoms with E-state index in [-0.39, 0.29) is 23.8 Å². The summed E-state index contributed by atoms with van der Waals surface area (Å²) >= 11 is 0. The van der Waals surface area contributed by atoms with Crippen LogP contribution in [0.4, 0.5) is 0 Å². The van der Waals surface area contributed by atoms with E-state index in [1.807, 2.05) is 13.8 Å². The first kappa shape index (κ1) is 26.2. The average molecular weight is 476 g/mol. The number of nitrogens with two attached hydrogens (primary N) is 1. The van der Waals surface area contributed by atoms with Crippen LogP contribution in [0.1, 0.15) is 63.2 Å². The van der Waals surface area contributed by atoms with E-state index in [1.54, 1.807) is 12.3 Å². The molecule has 2 aliphatic rings. The summed E-state index contributed by atoms with van der Waals surface area (Å²) in [5, 5.41) is 10.4. The Bertz CT molecular complexity index is 850. The standard InChI is InChI=1S/C25H41N5O4/c1-16(2)15-34-25-20(14-28-30(25)11-8-21(33-4)24(32)27-10-9-26)23(31)29-22-17(3)12-18-6-5-7-19(22)13-18/h8,11,14,16-19,21-22H,5-7,9-10,12-13,15,26H2,1-4H3,(H,27,32)(H,29,31)/b11-8+. The highest BCUT2D eigenvalue weighted by Gasteiger charge is 2.39. The summed E-state index contributed by atoms with van der Waals surface area (Å²) < 4.78 is 12.8. The maximum Gasteiger partial charge on any atom is 0.258 e.